The summed E-state index contributed by atoms with van der Waals surface area (Å²) in [6, 6.07) is 10.4. The smallest absolute Gasteiger partial charge is 0.165 e. The number of anilines is 1. The number of nitrogens with one attached hydrogen (secondary N) is 1. The van der Waals surface area contributed by atoms with Gasteiger partial charge in [0.2, 0.25) is 0 Å². The molecular weight excluding hydrogens is 231 g/mol. The van der Waals surface area contributed by atoms with E-state index in [1.165, 1.54) is 6.07 Å². The Kier molecular flexibility index (Phi) is 3.89. The summed E-state index contributed by atoms with van der Waals surface area (Å²) in [5.74, 6) is -0.116. The minimum absolute atomic E-state index is 0.247. The molecule has 1 aromatic heterocycles. The van der Waals surface area contributed by atoms with Gasteiger partial charge in [0, 0.05) is 12.7 Å². The summed E-state index contributed by atoms with van der Waals surface area (Å²) >= 11 is 0. The van der Waals surface area contributed by atoms with Crippen molar-refractivity contribution in [2.45, 2.75) is 19.6 Å². The quantitative estimate of drug-likeness (QED) is 0.872. The molecule has 0 saturated heterocycles. The summed E-state index contributed by atoms with van der Waals surface area (Å²) in [5.41, 5.74) is 1.87. The van der Waals surface area contributed by atoms with Crippen molar-refractivity contribution < 1.29 is 9.50 Å². The third-order valence-corrected chi connectivity index (χ3v) is 2.68. The first kappa shape index (κ1) is 12.5. The molecule has 0 aliphatic heterocycles. The summed E-state index contributed by atoms with van der Waals surface area (Å²) in [6.45, 7) is 2.21. The zero-order valence-electron chi connectivity index (χ0n) is 10.1. The van der Waals surface area contributed by atoms with E-state index in [0.29, 0.717) is 6.54 Å². The van der Waals surface area contributed by atoms with Crippen LogP contribution >= 0.6 is 0 Å². The van der Waals surface area contributed by atoms with Gasteiger partial charge in [0.1, 0.15) is 0 Å². The monoisotopic (exact) mass is 246 g/mol. The van der Waals surface area contributed by atoms with E-state index in [-0.39, 0.29) is 11.6 Å². The number of nitrogens with zero attached hydrogens (tertiary/aromatic N) is 1. The van der Waals surface area contributed by atoms with Crippen LogP contribution in [0.15, 0.2) is 42.6 Å². The summed E-state index contributed by atoms with van der Waals surface area (Å²) in [4.78, 5) is 3.91. The van der Waals surface area contributed by atoms with E-state index in [4.69, 9.17) is 0 Å². The predicted molar refractivity (Wildman–Crippen MR) is 68.6 cm³/mol. The van der Waals surface area contributed by atoms with Gasteiger partial charge in [-0.1, -0.05) is 24.3 Å². The average molecular weight is 246 g/mol. The molecule has 3 nitrogen and oxygen atoms in total. The molecule has 0 radical (unpaired) electrons. The number of aromatic nitrogens is 1. The van der Waals surface area contributed by atoms with Crippen LogP contribution in [0.2, 0.25) is 0 Å². The van der Waals surface area contributed by atoms with Crippen molar-refractivity contribution >= 4 is 5.82 Å². The normalized spacial score (nSPS) is 12.2. The summed E-state index contributed by atoms with van der Waals surface area (Å²) < 4.78 is 13.3. The van der Waals surface area contributed by atoms with E-state index >= 15 is 0 Å². The van der Waals surface area contributed by atoms with Crippen molar-refractivity contribution in [3.05, 3.63) is 59.5 Å². The number of pyridine rings is 1. The molecule has 94 valence electrons. The summed E-state index contributed by atoms with van der Waals surface area (Å²) in [6.07, 6.45) is 1.07. The maximum atomic E-state index is 13.3. The molecule has 0 unspecified atom stereocenters. The second kappa shape index (κ2) is 5.60. The third kappa shape index (κ3) is 3.05. The fourth-order valence-electron chi connectivity index (χ4n) is 1.62. The van der Waals surface area contributed by atoms with E-state index in [0.717, 1.165) is 11.1 Å². The van der Waals surface area contributed by atoms with Gasteiger partial charge in [-0.3, -0.25) is 0 Å². The number of hydrogen-bond donors (Lipinski definition) is 2. The van der Waals surface area contributed by atoms with Crippen LogP contribution in [0.5, 0.6) is 0 Å². The molecule has 0 saturated carbocycles. The Balaban J connectivity index is 2.00. The average Bonchev–Trinajstić information content (AvgIpc) is 2.38. The van der Waals surface area contributed by atoms with Gasteiger partial charge in [-0.15, -0.1) is 0 Å². The molecule has 1 atom stereocenters. The van der Waals surface area contributed by atoms with Gasteiger partial charge in [-0.25, -0.2) is 9.37 Å². The van der Waals surface area contributed by atoms with E-state index in [9.17, 15) is 9.50 Å². The first-order valence-electron chi connectivity index (χ1n) is 5.78. The Morgan fingerprint density at radius 2 is 2.00 bits per heavy atom. The molecule has 1 heterocycles. The topological polar surface area (TPSA) is 45.1 Å². The highest BCUT2D eigenvalue weighted by Gasteiger charge is 2.03. The lowest BCUT2D eigenvalue weighted by molar-refractivity contribution is 0.199. The van der Waals surface area contributed by atoms with Gasteiger partial charge in [0.05, 0.1) is 6.10 Å². The van der Waals surface area contributed by atoms with Crippen LogP contribution in [0.25, 0.3) is 0 Å². The lowest BCUT2D eigenvalue weighted by atomic mass is 10.1. The van der Waals surface area contributed by atoms with Crippen molar-refractivity contribution in [2.75, 3.05) is 5.32 Å². The first-order valence-corrected chi connectivity index (χ1v) is 5.78. The number of aliphatic hydroxyl groups excluding tert-OH is 1. The molecule has 1 aromatic carbocycles. The third-order valence-electron chi connectivity index (χ3n) is 2.68. The van der Waals surface area contributed by atoms with Gasteiger partial charge in [-0.05, 0) is 30.2 Å². The maximum Gasteiger partial charge on any atom is 0.165 e. The van der Waals surface area contributed by atoms with Crippen LogP contribution in [-0.4, -0.2) is 10.1 Å². The van der Waals surface area contributed by atoms with Gasteiger partial charge < -0.3 is 10.4 Å². The fraction of sp³-hybridized carbons (Fsp3) is 0.214. The van der Waals surface area contributed by atoms with Gasteiger partial charge >= 0.3 is 0 Å². The molecule has 0 bridgehead atoms. The second-order valence-corrected chi connectivity index (χ2v) is 4.10. The zero-order valence-corrected chi connectivity index (χ0v) is 10.1. The molecule has 0 fully saturated rings. The fourth-order valence-corrected chi connectivity index (χ4v) is 1.62. The lowest BCUT2D eigenvalue weighted by Crippen LogP contribution is -2.03. The van der Waals surface area contributed by atoms with Crippen LogP contribution in [-0.2, 0) is 6.54 Å². The number of rotatable bonds is 4. The highest BCUT2D eigenvalue weighted by molar-refractivity contribution is 5.37. The van der Waals surface area contributed by atoms with Crippen LogP contribution < -0.4 is 5.32 Å². The maximum absolute atomic E-state index is 13.3. The molecule has 2 rings (SSSR count). The van der Waals surface area contributed by atoms with E-state index < -0.39 is 6.10 Å². The molecule has 0 spiro atoms. The minimum atomic E-state index is -0.472. The van der Waals surface area contributed by atoms with E-state index in [2.05, 4.69) is 10.3 Å². The molecule has 18 heavy (non-hydrogen) atoms. The minimum Gasteiger partial charge on any atom is -0.389 e. The molecule has 2 aromatic rings. The molecular formula is C14H15FN2O. The second-order valence-electron chi connectivity index (χ2n) is 4.10. The Labute approximate surface area is 105 Å². The molecule has 4 heteroatoms. The van der Waals surface area contributed by atoms with Crippen molar-refractivity contribution in [1.82, 2.24) is 4.98 Å². The summed E-state index contributed by atoms with van der Waals surface area (Å²) in [5, 5.41) is 12.3. The predicted octanol–water partition coefficient (Wildman–Crippen LogP) is 2.89. The highest BCUT2D eigenvalue weighted by atomic mass is 19.1. The van der Waals surface area contributed by atoms with E-state index in [1.54, 1.807) is 19.2 Å². The van der Waals surface area contributed by atoms with Crippen LogP contribution in [0, 0.1) is 5.82 Å². The Morgan fingerprint density at radius 1 is 1.28 bits per heavy atom. The van der Waals surface area contributed by atoms with Crippen LogP contribution in [0.1, 0.15) is 24.2 Å². The number of halogens is 1. The Morgan fingerprint density at radius 3 is 2.61 bits per heavy atom. The number of benzene rings is 1. The molecule has 0 amide bonds. The first-order chi connectivity index (χ1) is 8.66. The van der Waals surface area contributed by atoms with Gasteiger partial charge in [0.25, 0.3) is 0 Å². The standard InChI is InChI=1S/C14H15FN2O/c1-10(18)12-6-4-11(5-7-12)9-17-14-13(15)3-2-8-16-14/h2-8,10,18H,9H2,1H3,(H,16,17)/t10-/m1/s1. The molecule has 2 N–H and O–H groups in total. The SMILES string of the molecule is C[C@@H](O)c1ccc(CNc2ncccc2F)cc1. The van der Waals surface area contributed by atoms with Crippen LogP contribution in [0.3, 0.4) is 0 Å². The van der Waals surface area contributed by atoms with Crippen molar-refractivity contribution in [3.63, 3.8) is 0 Å². The number of hydrogen-bond acceptors (Lipinski definition) is 3. The largest absolute Gasteiger partial charge is 0.389 e. The Hall–Kier alpha value is -1.94. The van der Waals surface area contributed by atoms with Crippen molar-refractivity contribution in [3.8, 4) is 0 Å². The van der Waals surface area contributed by atoms with Crippen molar-refractivity contribution in [2.24, 2.45) is 0 Å². The van der Waals surface area contributed by atoms with Gasteiger partial charge in [-0.2, -0.15) is 0 Å². The summed E-state index contributed by atoms with van der Waals surface area (Å²) in [7, 11) is 0. The van der Waals surface area contributed by atoms with E-state index in [1.807, 2.05) is 24.3 Å². The Bertz CT molecular complexity index is 511. The van der Waals surface area contributed by atoms with Gasteiger partial charge in [0.15, 0.2) is 11.6 Å². The number of aliphatic hydroxyl groups is 1. The molecule has 0 aliphatic rings. The zero-order chi connectivity index (χ0) is 13.0. The highest BCUT2D eigenvalue weighted by Crippen LogP contribution is 2.14. The lowest BCUT2D eigenvalue weighted by Gasteiger charge is -2.08. The molecule has 0 aliphatic carbocycles. The van der Waals surface area contributed by atoms with Crippen LogP contribution in [0.4, 0.5) is 10.2 Å². The van der Waals surface area contributed by atoms with Crippen molar-refractivity contribution in [1.29, 1.82) is 0 Å².